The maximum Gasteiger partial charge on any atom is 0.469 e. The Hall–Kier alpha value is -3.88. The van der Waals surface area contributed by atoms with Gasteiger partial charge in [-0.15, -0.1) is 0 Å². The highest BCUT2D eigenvalue weighted by Gasteiger charge is 2.16. The SMILES string of the molecule is NOC(=O)C=C(CC(=O)O)C(=O)O.NOC(=O)C=C(CC(=O)O)C(=O)O.O=P(O)(O)OCC(O)CO.O=S(=O)(O)O. The number of phosphoric acid groups is 1. The summed E-state index contributed by atoms with van der Waals surface area (Å²) in [7, 11) is -9.17. The van der Waals surface area contributed by atoms with Crippen molar-refractivity contribution in [3.63, 3.8) is 0 Å². The van der Waals surface area contributed by atoms with Gasteiger partial charge in [-0.25, -0.2) is 23.7 Å². The van der Waals surface area contributed by atoms with E-state index in [1.54, 1.807) is 0 Å². The van der Waals surface area contributed by atoms with Crippen LogP contribution in [0.3, 0.4) is 0 Å². The zero-order chi connectivity index (χ0) is 33.6. The molecular weight excluding hydrogens is 623 g/mol. The molecule has 0 bridgehead atoms. The van der Waals surface area contributed by atoms with Crippen LogP contribution < -0.4 is 11.8 Å². The van der Waals surface area contributed by atoms with Gasteiger partial charge >= 0.3 is 54.0 Å². The van der Waals surface area contributed by atoms with Crippen molar-refractivity contribution in [2.45, 2.75) is 18.9 Å². The molecule has 0 radical (unpaired) electrons. The van der Waals surface area contributed by atoms with E-state index >= 15 is 0 Å². The first-order valence-corrected chi connectivity index (χ1v) is 12.1. The molecule has 0 spiro atoms. The van der Waals surface area contributed by atoms with Crippen molar-refractivity contribution in [1.29, 1.82) is 0 Å². The van der Waals surface area contributed by atoms with Gasteiger partial charge in [0.05, 0.1) is 37.2 Å². The lowest BCUT2D eigenvalue weighted by Crippen LogP contribution is -2.18. The minimum absolute atomic E-state index is 0.510. The largest absolute Gasteiger partial charge is 0.481 e. The molecule has 0 amide bonds. The molecule has 41 heavy (non-hydrogen) atoms. The fourth-order valence-electron chi connectivity index (χ4n) is 1.29. The minimum Gasteiger partial charge on any atom is -0.481 e. The lowest BCUT2D eigenvalue weighted by Gasteiger charge is -2.07. The number of aliphatic hydroxyl groups excluding tert-OH is 2. The number of rotatable bonds is 12. The molecule has 14 N–H and O–H groups in total. The Morgan fingerprint density at radius 3 is 1.24 bits per heavy atom. The number of aliphatic hydroxyl groups is 2. The van der Waals surface area contributed by atoms with Crippen LogP contribution in [0.5, 0.6) is 0 Å². The van der Waals surface area contributed by atoms with Crippen LogP contribution in [-0.4, -0.2) is 113 Å². The molecule has 0 heterocycles. The molecule has 26 heteroatoms. The third-order valence-corrected chi connectivity index (χ3v) is 3.18. The molecule has 0 aliphatic heterocycles. The zero-order valence-corrected chi connectivity index (χ0v) is 21.7. The van der Waals surface area contributed by atoms with Gasteiger partial charge in [0.15, 0.2) is 0 Å². The lowest BCUT2D eigenvalue weighted by molar-refractivity contribution is -0.141. The summed E-state index contributed by atoms with van der Waals surface area (Å²) in [6.45, 7) is -1.15. The molecule has 0 saturated carbocycles. The second kappa shape index (κ2) is 22.9. The molecule has 0 aromatic heterocycles. The number of hydrogen-bond acceptors (Lipinski definition) is 16. The zero-order valence-electron chi connectivity index (χ0n) is 19.9. The van der Waals surface area contributed by atoms with E-state index in [0.717, 1.165) is 0 Å². The van der Waals surface area contributed by atoms with Crippen molar-refractivity contribution in [1.82, 2.24) is 0 Å². The summed E-state index contributed by atoms with van der Waals surface area (Å²) in [6, 6.07) is 0. The van der Waals surface area contributed by atoms with Crippen molar-refractivity contribution < 1.29 is 105 Å². The van der Waals surface area contributed by atoms with Crippen molar-refractivity contribution in [3.8, 4) is 0 Å². The minimum atomic E-state index is -4.67. The van der Waals surface area contributed by atoms with E-state index in [4.69, 9.17) is 57.9 Å². The van der Waals surface area contributed by atoms with Crippen LogP contribution in [0.15, 0.2) is 23.3 Å². The van der Waals surface area contributed by atoms with Crippen LogP contribution in [0.4, 0.5) is 0 Å². The number of nitrogens with two attached hydrogens (primary N) is 2. The van der Waals surface area contributed by atoms with Crippen LogP contribution >= 0.6 is 7.82 Å². The molecule has 0 rings (SSSR count). The summed E-state index contributed by atoms with van der Waals surface area (Å²) in [5.41, 5.74) is -1.19. The summed E-state index contributed by atoms with van der Waals surface area (Å²) in [4.78, 5) is 85.1. The standard InChI is InChI=1S/2C6H7NO6.C3H9O6P.H2O4S/c2*7-13-5(10)2-3(6(11)12)1-4(8)9;4-1-3(5)2-9-10(6,7)8;1-5(2,3)4/h2*2H,1,7H2,(H,8,9)(H,11,12);3-5H,1-2H2,(H2,6,7,8);(H2,1,2,3,4). The highest BCUT2D eigenvalue weighted by molar-refractivity contribution is 7.79. The molecule has 0 saturated heterocycles. The van der Waals surface area contributed by atoms with Gasteiger partial charge < -0.3 is 50.1 Å². The molecule has 0 aliphatic rings. The van der Waals surface area contributed by atoms with Gasteiger partial charge in [-0.1, -0.05) is 0 Å². The average molecular weight is 648 g/mol. The quantitative estimate of drug-likeness (QED) is 0.0411. The second-order valence-electron chi connectivity index (χ2n) is 6.03. The molecule has 0 fully saturated rings. The van der Waals surface area contributed by atoms with Gasteiger partial charge in [-0.05, 0) is 0 Å². The van der Waals surface area contributed by atoms with Crippen molar-refractivity contribution in [2.75, 3.05) is 13.2 Å². The molecule has 1 atom stereocenters. The second-order valence-corrected chi connectivity index (χ2v) is 8.17. The number of carboxylic acid groups (broad SMARTS) is 4. The third-order valence-electron chi connectivity index (χ3n) is 2.70. The Morgan fingerprint density at radius 1 is 0.780 bits per heavy atom. The summed E-state index contributed by atoms with van der Waals surface area (Å²) in [5.74, 6) is 0.871. The van der Waals surface area contributed by atoms with Gasteiger partial charge in [0.2, 0.25) is 0 Å². The van der Waals surface area contributed by atoms with Gasteiger partial charge in [-0.2, -0.15) is 20.2 Å². The number of carboxylic acids is 4. The van der Waals surface area contributed by atoms with Gasteiger partial charge in [0.1, 0.15) is 6.10 Å². The molecule has 0 aliphatic carbocycles. The summed E-state index contributed by atoms with van der Waals surface area (Å²) in [6.07, 6.45) is -1.77. The number of hydrogen-bond donors (Lipinski definition) is 12. The van der Waals surface area contributed by atoms with E-state index in [9.17, 15) is 33.3 Å². The normalized spacial score (nSPS) is 11.9. The van der Waals surface area contributed by atoms with Gasteiger partial charge in [0, 0.05) is 12.2 Å². The van der Waals surface area contributed by atoms with Gasteiger partial charge in [-0.3, -0.25) is 23.2 Å². The Labute approximate surface area is 227 Å². The van der Waals surface area contributed by atoms with Crippen LogP contribution in [0.25, 0.3) is 0 Å². The first-order valence-electron chi connectivity index (χ1n) is 9.21. The van der Waals surface area contributed by atoms with E-state index in [-0.39, 0.29) is 0 Å². The number of phosphoric ester groups is 1. The van der Waals surface area contributed by atoms with Crippen molar-refractivity contribution in [3.05, 3.63) is 23.3 Å². The van der Waals surface area contributed by atoms with E-state index < -0.39 is 97.3 Å². The Kier molecular flexibility index (Phi) is 24.6. The summed E-state index contributed by atoms with van der Waals surface area (Å²) >= 11 is 0. The fraction of sp³-hybridized carbons (Fsp3) is 0.333. The monoisotopic (exact) mass is 648 g/mol. The summed E-state index contributed by atoms with van der Waals surface area (Å²) < 4.78 is 45.4. The van der Waals surface area contributed by atoms with Crippen molar-refractivity contribution >= 4 is 54.0 Å². The van der Waals surface area contributed by atoms with Crippen LogP contribution in [0, 0.1) is 0 Å². The maximum absolute atomic E-state index is 10.4. The first kappa shape index (κ1) is 44.1. The Bertz CT molecular complexity index is 1040. The van der Waals surface area contributed by atoms with Crippen LogP contribution in [0.2, 0.25) is 0 Å². The topological polar surface area (TPSA) is 436 Å². The molecule has 238 valence electrons. The predicted molar refractivity (Wildman–Crippen MR) is 122 cm³/mol. The number of aliphatic carboxylic acids is 4. The molecule has 1 unspecified atom stereocenters. The maximum atomic E-state index is 10.4. The number of carbonyl (C=O) groups excluding carboxylic acids is 2. The predicted octanol–water partition coefficient (Wildman–Crippen LogP) is -4.43. The molecular formula is C15H25N2O22PS. The Balaban J connectivity index is -0.000000233. The van der Waals surface area contributed by atoms with Crippen LogP contribution in [-0.2, 0) is 57.9 Å². The Morgan fingerprint density at radius 2 is 1.07 bits per heavy atom. The molecule has 0 aromatic rings. The van der Waals surface area contributed by atoms with Crippen LogP contribution in [0.1, 0.15) is 12.8 Å². The van der Waals surface area contributed by atoms with E-state index in [1.807, 2.05) is 0 Å². The smallest absolute Gasteiger partial charge is 0.469 e. The molecule has 0 aromatic carbocycles. The highest BCUT2D eigenvalue weighted by atomic mass is 32.3. The summed E-state index contributed by atoms with van der Waals surface area (Å²) in [5, 5.41) is 49.9. The van der Waals surface area contributed by atoms with Crippen molar-refractivity contribution in [2.24, 2.45) is 11.8 Å². The fourth-order valence-corrected chi connectivity index (χ4v) is 1.66. The van der Waals surface area contributed by atoms with Gasteiger partial charge in [0.25, 0.3) is 0 Å². The van der Waals surface area contributed by atoms with E-state index in [1.165, 1.54) is 0 Å². The highest BCUT2D eigenvalue weighted by Crippen LogP contribution is 2.35. The third kappa shape index (κ3) is 40.8. The lowest BCUT2D eigenvalue weighted by atomic mass is 10.2. The number of carbonyl (C=O) groups is 6. The molecule has 24 nitrogen and oxygen atoms in total. The van der Waals surface area contributed by atoms with E-state index in [2.05, 4.69) is 26.0 Å². The average Bonchev–Trinajstić information content (AvgIpc) is 2.79. The first-order chi connectivity index (χ1) is 18.4. The van der Waals surface area contributed by atoms with E-state index in [0.29, 0.717) is 12.2 Å².